The molecule has 0 bridgehead atoms. The van der Waals surface area contributed by atoms with Crippen molar-refractivity contribution in [1.29, 1.82) is 0 Å². The van der Waals surface area contributed by atoms with Crippen LogP contribution in [0.5, 0.6) is 5.75 Å². The highest BCUT2D eigenvalue weighted by Crippen LogP contribution is 2.27. The number of carbonyl (C=O) groups is 1. The summed E-state index contributed by atoms with van der Waals surface area (Å²) in [6, 6.07) is 5.04. The van der Waals surface area contributed by atoms with Crippen LogP contribution in [0.25, 0.3) is 0 Å². The molecule has 5 heteroatoms. The Hall–Kier alpha value is -1.26. The summed E-state index contributed by atoms with van der Waals surface area (Å²) in [6.07, 6.45) is 0.558. The molecular formula is C12H17ClN2O2. The van der Waals surface area contributed by atoms with Crippen molar-refractivity contribution in [1.82, 2.24) is 0 Å². The molecule has 3 N–H and O–H groups in total. The second kappa shape index (κ2) is 5.38. The smallest absolute Gasteiger partial charge is 0.244 e. The molecule has 0 aliphatic heterocycles. The van der Waals surface area contributed by atoms with Crippen molar-refractivity contribution in [3.63, 3.8) is 0 Å². The van der Waals surface area contributed by atoms with E-state index in [1.807, 2.05) is 6.92 Å². The van der Waals surface area contributed by atoms with Gasteiger partial charge in [0, 0.05) is 5.69 Å². The number of carbonyl (C=O) groups excluding carboxylic acids is 1. The molecule has 4 nitrogen and oxygen atoms in total. The Morgan fingerprint density at radius 3 is 2.71 bits per heavy atom. The minimum atomic E-state index is -0.883. The van der Waals surface area contributed by atoms with E-state index in [0.29, 0.717) is 22.9 Å². The van der Waals surface area contributed by atoms with E-state index in [0.717, 1.165) is 0 Å². The van der Waals surface area contributed by atoms with Crippen LogP contribution in [0.3, 0.4) is 0 Å². The molecule has 94 valence electrons. The molecule has 0 fully saturated rings. The van der Waals surface area contributed by atoms with E-state index in [1.54, 1.807) is 25.1 Å². The van der Waals surface area contributed by atoms with Gasteiger partial charge in [0.1, 0.15) is 5.75 Å². The maximum Gasteiger partial charge on any atom is 0.244 e. The lowest BCUT2D eigenvalue weighted by atomic mass is 9.99. The van der Waals surface area contributed by atoms with Crippen LogP contribution in [0.4, 0.5) is 5.69 Å². The second-order valence-electron chi connectivity index (χ2n) is 4.07. The topological polar surface area (TPSA) is 64.4 Å². The summed E-state index contributed by atoms with van der Waals surface area (Å²) in [5, 5.41) is 3.17. The number of ether oxygens (including phenoxy) is 1. The highest BCUT2D eigenvalue weighted by molar-refractivity contribution is 6.32. The van der Waals surface area contributed by atoms with Gasteiger partial charge in [0.2, 0.25) is 5.91 Å². The molecule has 0 aliphatic carbocycles. The number of benzene rings is 1. The molecule has 0 aromatic heterocycles. The summed E-state index contributed by atoms with van der Waals surface area (Å²) in [5.41, 5.74) is 5.55. The van der Waals surface area contributed by atoms with Crippen molar-refractivity contribution < 1.29 is 9.53 Å². The van der Waals surface area contributed by atoms with Crippen LogP contribution < -0.4 is 15.8 Å². The second-order valence-corrected chi connectivity index (χ2v) is 4.48. The van der Waals surface area contributed by atoms with E-state index in [-0.39, 0.29) is 5.91 Å². The van der Waals surface area contributed by atoms with Crippen molar-refractivity contribution in [3.05, 3.63) is 23.2 Å². The SMILES string of the molecule is CCC(C)(N)C(=O)Nc1ccc(OC)c(Cl)c1. The maximum absolute atomic E-state index is 11.8. The van der Waals surface area contributed by atoms with Crippen LogP contribution in [0.1, 0.15) is 20.3 Å². The van der Waals surface area contributed by atoms with E-state index in [9.17, 15) is 4.79 Å². The normalized spacial score (nSPS) is 13.9. The number of nitrogens with two attached hydrogens (primary N) is 1. The lowest BCUT2D eigenvalue weighted by Crippen LogP contribution is -2.47. The van der Waals surface area contributed by atoms with Crippen LogP contribution in [0.2, 0.25) is 5.02 Å². The molecule has 17 heavy (non-hydrogen) atoms. The molecule has 1 rings (SSSR count). The van der Waals surface area contributed by atoms with E-state index < -0.39 is 5.54 Å². The Morgan fingerprint density at radius 2 is 2.24 bits per heavy atom. The molecule has 1 aromatic rings. The largest absolute Gasteiger partial charge is 0.495 e. The number of halogens is 1. The molecule has 0 spiro atoms. The first-order valence-electron chi connectivity index (χ1n) is 5.34. The number of anilines is 1. The van der Waals surface area contributed by atoms with Crippen LogP contribution in [0.15, 0.2) is 18.2 Å². The quantitative estimate of drug-likeness (QED) is 0.870. The van der Waals surface area contributed by atoms with Crippen molar-refractivity contribution in [3.8, 4) is 5.75 Å². The van der Waals surface area contributed by atoms with Gasteiger partial charge in [-0.05, 0) is 31.5 Å². The van der Waals surface area contributed by atoms with Crippen LogP contribution >= 0.6 is 11.6 Å². The molecule has 1 unspecified atom stereocenters. The van der Waals surface area contributed by atoms with Gasteiger partial charge in [-0.3, -0.25) is 4.79 Å². The number of hydrogen-bond acceptors (Lipinski definition) is 3. The van der Waals surface area contributed by atoms with Crippen LogP contribution in [0, 0.1) is 0 Å². The Bertz CT molecular complexity index is 419. The zero-order valence-corrected chi connectivity index (χ0v) is 11.0. The lowest BCUT2D eigenvalue weighted by Gasteiger charge is -2.21. The molecular weight excluding hydrogens is 240 g/mol. The highest BCUT2D eigenvalue weighted by atomic mass is 35.5. The van der Waals surface area contributed by atoms with Gasteiger partial charge in [-0.15, -0.1) is 0 Å². The summed E-state index contributed by atoms with van der Waals surface area (Å²) in [7, 11) is 1.54. The van der Waals surface area contributed by atoms with E-state index in [4.69, 9.17) is 22.1 Å². The highest BCUT2D eigenvalue weighted by Gasteiger charge is 2.25. The zero-order chi connectivity index (χ0) is 13.1. The molecule has 0 saturated heterocycles. The fraction of sp³-hybridized carbons (Fsp3) is 0.417. The third kappa shape index (κ3) is 3.35. The number of methoxy groups -OCH3 is 1. The number of amides is 1. The van der Waals surface area contributed by atoms with Crippen LogP contribution in [-0.2, 0) is 4.79 Å². The van der Waals surface area contributed by atoms with Gasteiger partial charge < -0.3 is 15.8 Å². The first-order valence-corrected chi connectivity index (χ1v) is 5.72. The molecule has 0 radical (unpaired) electrons. The van der Waals surface area contributed by atoms with E-state index in [2.05, 4.69) is 5.32 Å². The van der Waals surface area contributed by atoms with Crippen molar-refractivity contribution in [2.75, 3.05) is 12.4 Å². The molecule has 0 heterocycles. The maximum atomic E-state index is 11.8. The van der Waals surface area contributed by atoms with Gasteiger partial charge in [-0.1, -0.05) is 18.5 Å². The molecule has 1 amide bonds. The van der Waals surface area contributed by atoms with Crippen LogP contribution in [-0.4, -0.2) is 18.6 Å². The number of nitrogens with one attached hydrogen (secondary N) is 1. The standard InChI is InChI=1S/C12H17ClN2O2/c1-4-12(2,14)11(16)15-8-5-6-10(17-3)9(13)7-8/h5-7H,4,14H2,1-3H3,(H,15,16). The predicted octanol–water partition coefficient (Wildman–Crippen LogP) is 2.41. The van der Waals surface area contributed by atoms with Gasteiger partial charge in [-0.25, -0.2) is 0 Å². The first kappa shape index (κ1) is 13.8. The Kier molecular flexibility index (Phi) is 4.37. The Labute approximate surface area is 106 Å². The van der Waals surface area contributed by atoms with Gasteiger partial charge >= 0.3 is 0 Å². The van der Waals surface area contributed by atoms with E-state index >= 15 is 0 Å². The van der Waals surface area contributed by atoms with Gasteiger partial charge in [0.15, 0.2) is 0 Å². The lowest BCUT2D eigenvalue weighted by molar-refractivity contribution is -0.120. The zero-order valence-electron chi connectivity index (χ0n) is 10.2. The minimum Gasteiger partial charge on any atom is -0.495 e. The monoisotopic (exact) mass is 256 g/mol. The van der Waals surface area contributed by atoms with Gasteiger partial charge in [-0.2, -0.15) is 0 Å². The van der Waals surface area contributed by atoms with E-state index in [1.165, 1.54) is 7.11 Å². The third-order valence-electron chi connectivity index (χ3n) is 2.66. The summed E-state index contributed by atoms with van der Waals surface area (Å²) in [4.78, 5) is 11.8. The van der Waals surface area contributed by atoms with Gasteiger partial charge in [0.05, 0.1) is 17.7 Å². The Morgan fingerprint density at radius 1 is 1.59 bits per heavy atom. The fourth-order valence-electron chi connectivity index (χ4n) is 1.18. The number of rotatable bonds is 4. The summed E-state index contributed by atoms with van der Waals surface area (Å²) < 4.78 is 5.02. The Balaban J connectivity index is 2.83. The predicted molar refractivity (Wildman–Crippen MR) is 69.5 cm³/mol. The van der Waals surface area contributed by atoms with Crippen molar-refractivity contribution >= 4 is 23.2 Å². The number of hydrogen-bond donors (Lipinski definition) is 2. The molecule has 0 aliphatic rings. The third-order valence-corrected chi connectivity index (χ3v) is 2.96. The molecule has 1 aromatic carbocycles. The average Bonchev–Trinajstić information content (AvgIpc) is 2.29. The molecule has 0 saturated carbocycles. The molecule has 1 atom stereocenters. The summed E-state index contributed by atoms with van der Waals surface area (Å²) >= 11 is 5.95. The summed E-state index contributed by atoms with van der Waals surface area (Å²) in [5.74, 6) is 0.330. The van der Waals surface area contributed by atoms with Gasteiger partial charge in [0.25, 0.3) is 0 Å². The summed E-state index contributed by atoms with van der Waals surface area (Å²) in [6.45, 7) is 3.55. The fourth-order valence-corrected chi connectivity index (χ4v) is 1.44. The first-order chi connectivity index (χ1) is 7.90. The van der Waals surface area contributed by atoms with Crippen molar-refractivity contribution in [2.45, 2.75) is 25.8 Å². The average molecular weight is 257 g/mol. The van der Waals surface area contributed by atoms with Crippen molar-refractivity contribution in [2.24, 2.45) is 5.73 Å². The minimum absolute atomic E-state index is 0.235.